The molecular formula is C18H39N3O2. The van der Waals surface area contributed by atoms with Crippen molar-refractivity contribution in [2.45, 2.75) is 85.6 Å². The smallest absolute Gasteiger partial charge is 0.243 e. The highest BCUT2D eigenvalue weighted by molar-refractivity contribution is 5.90. The van der Waals surface area contributed by atoms with Gasteiger partial charge in [-0.1, -0.05) is 40.2 Å². The summed E-state index contributed by atoms with van der Waals surface area (Å²) in [6.45, 7) is 15.8. The van der Waals surface area contributed by atoms with Crippen LogP contribution in [0.2, 0.25) is 0 Å². The monoisotopic (exact) mass is 329 g/mol. The Morgan fingerprint density at radius 2 is 1.61 bits per heavy atom. The van der Waals surface area contributed by atoms with E-state index in [2.05, 4.69) is 32.7 Å². The van der Waals surface area contributed by atoms with Gasteiger partial charge in [0, 0.05) is 17.5 Å². The molecule has 5 N–H and O–H groups in total. The van der Waals surface area contributed by atoms with Gasteiger partial charge in [-0.15, -0.1) is 0 Å². The van der Waals surface area contributed by atoms with E-state index in [1.165, 1.54) is 0 Å². The second kappa shape index (κ2) is 17.0. The predicted octanol–water partition coefficient (Wildman–Crippen LogP) is 3.27. The third kappa shape index (κ3) is 23.0. The van der Waals surface area contributed by atoms with Gasteiger partial charge in [0.1, 0.15) is 0 Å². The van der Waals surface area contributed by atoms with E-state index in [0.717, 1.165) is 32.1 Å². The minimum absolute atomic E-state index is 0.108. The fourth-order valence-corrected chi connectivity index (χ4v) is 1.58. The second-order valence-electron chi connectivity index (χ2n) is 5.93. The highest BCUT2D eigenvalue weighted by Gasteiger charge is 2.18. The van der Waals surface area contributed by atoms with E-state index in [-0.39, 0.29) is 11.4 Å². The Bertz CT molecular complexity index is 314. The number of nitrogens with one attached hydrogen (secondary N) is 1. The van der Waals surface area contributed by atoms with Crippen LogP contribution in [-0.4, -0.2) is 23.9 Å². The lowest BCUT2D eigenvalue weighted by Crippen LogP contribution is -2.43. The van der Waals surface area contributed by atoms with Crippen LogP contribution in [0.25, 0.3) is 0 Å². The number of carbonyl (C=O) groups excluding carboxylic acids is 2. The molecule has 2 amide bonds. The quantitative estimate of drug-likeness (QED) is 0.447. The summed E-state index contributed by atoms with van der Waals surface area (Å²) in [6, 6.07) is 0. The number of unbranched alkanes of at least 4 members (excludes halogenated alkanes) is 2. The van der Waals surface area contributed by atoms with E-state index < -0.39 is 5.91 Å². The molecule has 0 saturated carbocycles. The van der Waals surface area contributed by atoms with Crippen molar-refractivity contribution in [3.63, 3.8) is 0 Å². The number of carbonyl (C=O) groups is 2. The minimum atomic E-state index is -0.435. The summed E-state index contributed by atoms with van der Waals surface area (Å²) >= 11 is 0. The molecule has 0 aromatic carbocycles. The summed E-state index contributed by atoms with van der Waals surface area (Å²) < 4.78 is 0. The topological polar surface area (TPSA) is 98.2 Å². The van der Waals surface area contributed by atoms with Crippen molar-refractivity contribution in [3.8, 4) is 0 Å². The largest absolute Gasteiger partial charge is 0.366 e. The Morgan fingerprint density at radius 1 is 1.13 bits per heavy atom. The standard InChI is InChI=1S/C12H26N2O.C4H7NO.C2H6/c1-4-5-6-8-11(15)14-12(2,3)9-7-10-13;1-3(2)4(5)6;1-2/h4-10,13H2,1-3H3,(H,14,15);1H2,2H3,(H2,5,6);1-2H3. The van der Waals surface area contributed by atoms with Crippen LogP contribution in [0.1, 0.15) is 80.1 Å². The molecule has 0 aliphatic carbocycles. The van der Waals surface area contributed by atoms with Crippen LogP contribution in [0, 0.1) is 0 Å². The Kier molecular flexibility index (Phi) is 19.6. The molecule has 23 heavy (non-hydrogen) atoms. The van der Waals surface area contributed by atoms with Crippen LogP contribution in [0.4, 0.5) is 0 Å². The maximum Gasteiger partial charge on any atom is 0.243 e. The highest BCUT2D eigenvalue weighted by atomic mass is 16.2. The van der Waals surface area contributed by atoms with E-state index in [1.807, 2.05) is 13.8 Å². The highest BCUT2D eigenvalue weighted by Crippen LogP contribution is 2.11. The second-order valence-corrected chi connectivity index (χ2v) is 5.93. The molecule has 0 radical (unpaired) electrons. The van der Waals surface area contributed by atoms with Crippen LogP contribution in [0.3, 0.4) is 0 Å². The third-order valence-corrected chi connectivity index (χ3v) is 2.91. The Morgan fingerprint density at radius 3 is 1.96 bits per heavy atom. The summed E-state index contributed by atoms with van der Waals surface area (Å²) in [5, 5.41) is 3.06. The molecular weight excluding hydrogens is 290 g/mol. The summed E-state index contributed by atoms with van der Waals surface area (Å²) in [5.74, 6) is -0.263. The lowest BCUT2D eigenvalue weighted by atomic mass is 9.98. The van der Waals surface area contributed by atoms with Crippen LogP contribution < -0.4 is 16.8 Å². The number of primary amides is 1. The van der Waals surface area contributed by atoms with Crippen molar-refractivity contribution in [2.75, 3.05) is 6.54 Å². The van der Waals surface area contributed by atoms with Crippen LogP contribution in [0.15, 0.2) is 12.2 Å². The SMILES string of the molecule is C=C(C)C(N)=O.CC.CCCCCC(=O)NC(C)(C)CCCN. The molecule has 5 heteroatoms. The molecule has 0 rings (SSSR count). The van der Waals surface area contributed by atoms with Gasteiger partial charge >= 0.3 is 0 Å². The van der Waals surface area contributed by atoms with E-state index >= 15 is 0 Å². The van der Waals surface area contributed by atoms with Gasteiger partial charge in [0.15, 0.2) is 0 Å². The summed E-state index contributed by atoms with van der Waals surface area (Å²) in [6.07, 6.45) is 5.85. The van der Waals surface area contributed by atoms with Gasteiger partial charge in [0.05, 0.1) is 0 Å². The molecule has 0 atom stereocenters. The van der Waals surface area contributed by atoms with Gasteiger partial charge in [-0.3, -0.25) is 9.59 Å². The summed E-state index contributed by atoms with van der Waals surface area (Å²) in [4.78, 5) is 21.4. The zero-order valence-electron chi connectivity index (χ0n) is 16.1. The maximum absolute atomic E-state index is 11.6. The van der Waals surface area contributed by atoms with Crippen LogP contribution >= 0.6 is 0 Å². The number of rotatable bonds is 9. The normalized spacial score (nSPS) is 9.70. The van der Waals surface area contributed by atoms with Crippen molar-refractivity contribution in [1.29, 1.82) is 0 Å². The zero-order chi connectivity index (χ0) is 18.9. The molecule has 0 aromatic heterocycles. The molecule has 0 unspecified atom stereocenters. The van der Waals surface area contributed by atoms with Gasteiger partial charge in [-0.2, -0.15) is 0 Å². The molecule has 0 heterocycles. The first-order chi connectivity index (χ1) is 10.7. The first kappa shape index (κ1) is 26.5. The molecule has 0 saturated heterocycles. The summed E-state index contributed by atoms with van der Waals surface area (Å²) in [7, 11) is 0. The van der Waals surface area contributed by atoms with Crippen molar-refractivity contribution in [3.05, 3.63) is 12.2 Å². The molecule has 0 aliphatic heterocycles. The van der Waals surface area contributed by atoms with Crippen molar-refractivity contribution in [1.82, 2.24) is 5.32 Å². The van der Waals surface area contributed by atoms with Gasteiger partial charge in [0.25, 0.3) is 0 Å². The summed E-state index contributed by atoms with van der Waals surface area (Å²) in [5.41, 5.74) is 10.4. The maximum atomic E-state index is 11.6. The Labute approximate surface area is 143 Å². The van der Waals surface area contributed by atoms with Crippen LogP contribution in [-0.2, 0) is 9.59 Å². The average Bonchev–Trinajstić information content (AvgIpc) is 2.47. The van der Waals surface area contributed by atoms with Crippen molar-refractivity contribution < 1.29 is 9.59 Å². The number of hydrogen-bond acceptors (Lipinski definition) is 3. The molecule has 0 bridgehead atoms. The number of nitrogens with two attached hydrogens (primary N) is 2. The van der Waals surface area contributed by atoms with Gasteiger partial charge < -0.3 is 16.8 Å². The fraction of sp³-hybridized carbons (Fsp3) is 0.778. The first-order valence-corrected chi connectivity index (χ1v) is 8.62. The van der Waals surface area contributed by atoms with E-state index in [4.69, 9.17) is 11.5 Å². The van der Waals surface area contributed by atoms with Crippen LogP contribution in [0.5, 0.6) is 0 Å². The molecule has 5 nitrogen and oxygen atoms in total. The van der Waals surface area contributed by atoms with E-state index in [1.54, 1.807) is 6.92 Å². The average molecular weight is 330 g/mol. The van der Waals surface area contributed by atoms with E-state index in [9.17, 15) is 9.59 Å². The lowest BCUT2D eigenvalue weighted by molar-refractivity contribution is -0.122. The molecule has 0 spiro atoms. The first-order valence-electron chi connectivity index (χ1n) is 8.62. The van der Waals surface area contributed by atoms with Crippen molar-refractivity contribution in [2.24, 2.45) is 11.5 Å². The van der Waals surface area contributed by atoms with Crippen molar-refractivity contribution >= 4 is 11.8 Å². The van der Waals surface area contributed by atoms with E-state index in [0.29, 0.717) is 18.5 Å². The number of amides is 2. The molecule has 0 aliphatic rings. The minimum Gasteiger partial charge on any atom is -0.366 e. The Hall–Kier alpha value is -1.36. The third-order valence-electron chi connectivity index (χ3n) is 2.91. The predicted molar refractivity (Wildman–Crippen MR) is 100 cm³/mol. The fourth-order valence-electron chi connectivity index (χ4n) is 1.58. The number of hydrogen-bond donors (Lipinski definition) is 3. The van der Waals surface area contributed by atoms with Gasteiger partial charge in [-0.25, -0.2) is 0 Å². The molecule has 0 fully saturated rings. The molecule has 0 aromatic rings. The molecule has 138 valence electrons. The lowest BCUT2D eigenvalue weighted by Gasteiger charge is -2.26. The zero-order valence-corrected chi connectivity index (χ0v) is 16.1. The Balaban J connectivity index is -0.000000418. The van der Waals surface area contributed by atoms with Gasteiger partial charge in [0.2, 0.25) is 11.8 Å². The van der Waals surface area contributed by atoms with Gasteiger partial charge in [-0.05, 0) is 46.6 Å².